The Bertz CT molecular complexity index is 422. The molecule has 6 heteroatoms. The van der Waals surface area contributed by atoms with Gasteiger partial charge in [-0.2, -0.15) is 4.98 Å². The minimum atomic E-state index is -0.242. The van der Waals surface area contributed by atoms with E-state index in [2.05, 4.69) is 19.9 Å². The highest BCUT2D eigenvalue weighted by molar-refractivity contribution is 5.06. The Morgan fingerprint density at radius 3 is 2.61 bits per heavy atom. The maximum absolute atomic E-state index is 5.74. The Balaban J connectivity index is 1.81. The minimum Gasteiger partial charge on any atom is -0.339 e. The van der Waals surface area contributed by atoms with E-state index in [1.165, 1.54) is 0 Å². The maximum atomic E-state index is 5.74. The van der Waals surface area contributed by atoms with E-state index in [9.17, 15) is 0 Å². The molecule has 0 aromatic carbocycles. The molecule has 18 heavy (non-hydrogen) atoms. The Hall–Kier alpha value is -0.980. The quantitative estimate of drug-likeness (QED) is 0.814. The number of hydrogen-bond acceptors (Lipinski definition) is 6. The average Bonchev–Trinajstić information content (AvgIpc) is 2.90. The molecular formula is C12H21N5O. The van der Waals surface area contributed by atoms with Crippen LogP contribution in [0.2, 0.25) is 0 Å². The maximum Gasteiger partial charge on any atom is 0.233 e. The molecule has 0 spiro atoms. The molecule has 2 N–H and O–H groups in total. The Kier molecular flexibility index (Phi) is 2.88. The molecule has 100 valence electrons. The molecule has 2 bridgehead atoms. The van der Waals surface area contributed by atoms with Crippen LogP contribution in [0.4, 0.5) is 0 Å². The highest BCUT2D eigenvalue weighted by Gasteiger charge is 2.36. The number of nitrogens with zero attached hydrogens (tertiary/aromatic N) is 4. The normalized spacial score (nSPS) is 31.8. The Morgan fingerprint density at radius 2 is 2.06 bits per heavy atom. The summed E-state index contributed by atoms with van der Waals surface area (Å²) in [4.78, 5) is 9.48. The fraction of sp³-hybridized carbons (Fsp3) is 0.833. The van der Waals surface area contributed by atoms with Gasteiger partial charge in [-0.25, -0.2) is 0 Å². The van der Waals surface area contributed by atoms with Crippen molar-refractivity contribution in [2.45, 2.75) is 25.3 Å². The van der Waals surface area contributed by atoms with Crippen molar-refractivity contribution in [3.8, 4) is 0 Å². The van der Waals surface area contributed by atoms with Gasteiger partial charge >= 0.3 is 0 Å². The third-order valence-electron chi connectivity index (χ3n) is 4.11. The molecule has 3 aliphatic rings. The Morgan fingerprint density at radius 1 is 1.33 bits per heavy atom. The predicted molar refractivity (Wildman–Crippen MR) is 67.1 cm³/mol. The molecule has 0 radical (unpaired) electrons. The van der Waals surface area contributed by atoms with Gasteiger partial charge in [-0.1, -0.05) is 5.16 Å². The van der Waals surface area contributed by atoms with E-state index < -0.39 is 0 Å². The lowest BCUT2D eigenvalue weighted by atomic mass is 9.94. The largest absolute Gasteiger partial charge is 0.339 e. The number of piperazine rings is 3. The zero-order valence-corrected chi connectivity index (χ0v) is 11.1. The first-order chi connectivity index (χ1) is 8.60. The fourth-order valence-corrected chi connectivity index (χ4v) is 2.59. The fourth-order valence-electron chi connectivity index (χ4n) is 2.59. The van der Waals surface area contributed by atoms with Crippen LogP contribution in [0.3, 0.4) is 0 Å². The van der Waals surface area contributed by atoms with E-state index >= 15 is 0 Å². The smallest absolute Gasteiger partial charge is 0.233 e. The topological polar surface area (TPSA) is 71.4 Å². The van der Waals surface area contributed by atoms with Gasteiger partial charge in [0.2, 0.25) is 5.89 Å². The third-order valence-corrected chi connectivity index (χ3v) is 4.11. The number of nitrogens with two attached hydrogens (primary N) is 1. The van der Waals surface area contributed by atoms with Gasteiger partial charge in [0.05, 0.1) is 11.5 Å². The van der Waals surface area contributed by atoms with Crippen molar-refractivity contribution < 1.29 is 4.52 Å². The molecule has 3 fully saturated rings. The molecule has 1 aromatic rings. The van der Waals surface area contributed by atoms with Gasteiger partial charge in [0, 0.05) is 39.3 Å². The van der Waals surface area contributed by atoms with Crippen LogP contribution in [0, 0.1) is 0 Å². The second-order valence-electron chi connectivity index (χ2n) is 5.90. The first kappa shape index (κ1) is 12.1. The highest BCUT2D eigenvalue weighted by Crippen LogP contribution is 2.28. The zero-order valence-electron chi connectivity index (χ0n) is 11.1. The summed E-state index contributed by atoms with van der Waals surface area (Å²) >= 11 is 0. The van der Waals surface area contributed by atoms with Gasteiger partial charge in [-0.05, 0) is 13.8 Å². The standard InChI is InChI=1S/C12H21N5O/c1-12(2,8-13)11-14-10(15-18-11)9-7-16-3-5-17(9)6-4-16/h9H,3-8,13H2,1-2H3. The summed E-state index contributed by atoms with van der Waals surface area (Å²) in [6, 6.07) is 0.290. The molecule has 6 nitrogen and oxygen atoms in total. The first-order valence-corrected chi connectivity index (χ1v) is 6.61. The lowest BCUT2D eigenvalue weighted by Gasteiger charge is -2.46. The molecule has 3 saturated heterocycles. The van der Waals surface area contributed by atoms with Crippen LogP contribution in [0.25, 0.3) is 0 Å². The van der Waals surface area contributed by atoms with E-state index in [1.807, 2.05) is 13.8 Å². The number of fused-ring (bicyclic) bond motifs is 3. The van der Waals surface area contributed by atoms with Crippen LogP contribution in [-0.2, 0) is 5.41 Å². The van der Waals surface area contributed by atoms with Crippen molar-refractivity contribution in [1.29, 1.82) is 0 Å². The summed E-state index contributed by atoms with van der Waals surface area (Å²) in [7, 11) is 0. The van der Waals surface area contributed by atoms with Crippen molar-refractivity contribution in [3.05, 3.63) is 11.7 Å². The van der Waals surface area contributed by atoms with Gasteiger partial charge in [-0.15, -0.1) is 0 Å². The summed E-state index contributed by atoms with van der Waals surface area (Å²) in [5.74, 6) is 1.47. The third kappa shape index (κ3) is 1.94. The minimum absolute atomic E-state index is 0.242. The molecule has 1 unspecified atom stereocenters. The lowest BCUT2D eigenvalue weighted by Crippen LogP contribution is -2.57. The van der Waals surface area contributed by atoms with Crippen molar-refractivity contribution in [3.63, 3.8) is 0 Å². The van der Waals surface area contributed by atoms with E-state index in [0.29, 0.717) is 18.5 Å². The van der Waals surface area contributed by atoms with Crippen LogP contribution in [0.5, 0.6) is 0 Å². The monoisotopic (exact) mass is 251 g/mol. The lowest BCUT2D eigenvalue weighted by molar-refractivity contribution is 0.00781. The summed E-state index contributed by atoms with van der Waals surface area (Å²) in [5.41, 5.74) is 5.50. The van der Waals surface area contributed by atoms with Gasteiger partial charge in [0.25, 0.3) is 0 Å². The van der Waals surface area contributed by atoms with Gasteiger partial charge in [-0.3, -0.25) is 9.80 Å². The van der Waals surface area contributed by atoms with E-state index in [4.69, 9.17) is 10.3 Å². The van der Waals surface area contributed by atoms with Crippen LogP contribution in [0.15, 0.2) is 4.52 Å². The molecule has 3 aliphatic heterocycles. The van der Waals surface area contributed by atoms with Gasteiger partial charge in [0.1, 0.15) is 0 Å². The van der Waals surface area contributed by atoms with Crippen molar-refractivity contribution in [2.75, 3.05) is 39.3 Å². The van der Waals surface area contributed by atoms with Gasteiger partial charge in [0.15, 0.2) is 5.82 Å². The van der Waals surface area contributed by atoms with Crippen LogP contribution in [-0.4, -0.2) is 59.2 Å². The van der Waals surface area contributed by atoms with Crippen LogP contribution < -0.4 is 5.73 Å². The van der Waals surface area contributed by atoms with Crippen molar-refractivity contribution >= 4 is 0 Å². The van der Waals surface area contributed by atoms with Crippen LogP contribution in [0.1, 0.15) is 31.6 Å². The molecule has 0 aliphatic carbocycles. The molecular weight excluding hydrogens is 230 g/mol. The molecule has 1 atom stereocenters. The second kappa shape index (κ2) is 4.29. The summed E-state index contributed by atoms with van der Waals surface area (Å²) in [6.45, 7) is 10.1. The van der Waals surface area contributed by atoms with E-state index in [1.54, 1.807) is 0 Å². The molecule has 4 rings (SSSR count). The highest BCUT2D eigenvalue weighted by atomic mass is 16.5. The molecule has 4 heterocycles. The van der Waals surface area contributed by atoms with Crippen LogP contribution >= 0.6 is 0 Å². The molecule has 0 amide bonds. The zero-order chi connectivity index (χ0) is 12.8. The summed E-state index contributed by atoms with van der Waals surface area (Å²) in [5, 5.41) is 4.16. The molecule has 1 aromatic heterocycles. The SMILES string of the molecule is CC(C)(CN)c1nc(C2CN3CCN2CC3)no1. The Labute approximate surface area is 107 Å². The van der Waals surface area contributed by atoms with Gasteiger partial charge < -0.3 is 10.3 Å². The number of hydrogen-bond donors (Lipinski definition) is 1. The van der Waals surface area contributed by atoms with E-state index in [-0.39, 0.29) is 5.41 Å². The first-order valence-electron chi connectivity index (χ1n) is 6.61. The number of aromatic nitrogens is 2. The predicted octanol–water partition coefficient (Wildman–Crippen LogP) is -0.0218. The summed E-state index contributed by atoms with van der Waals surface area (Å²) < 4.78 is 5.39. The summed E-state index contributed by atoms with van der Waals surface area (Å²) in [6.07, 6.45) is 0. The molecule has 0 saturated carbocycles. The van der Waals surface area contributed by atoms with Crippen molar-refractivity contribution in [2.24, 2.45) is 5.73 Å². The number of rotatable bonds is 3. The average molecular weight is 251 g/mol. The second-order valence-corrected chi connectivity index (χ2v) is 5.90. The van der Waals surface area contributed by atoms with E-state index in [0.717, 1.165) is 38.5 Å². The van der Waals surface area contributed by atoms with Crippen molar-refractivity contribution in [1.82, 2.24) is 19.9 Å².